The van der Waals surface area contributed by atoms with Crippen LogP contribution in [0.2, 0.25) is 0 Å². The highest BCUT2D eigenvalue weighted by atomic mass is 19.2. The molecule has 0 radical (unpaired) electrons. The number of phenols is 1. The Labute approximate surface area is 248 Å². The van der Waals surface area contributed by atoms with E-state index in [4.69, 9.17) is 0 Å². The molecule has 2 heterocycles. The minimum Gasteiger partial charge on any atom is -0.508 e. The van der Waals surface area contributed by atoms with Crippen molar-refractivity contribution in [3.8, 4) is 5.75 Å². The molecule has 2 fully saturated rings. The number of carbonyl (C=O) groups excluding carboxylic acids is 3. The van der Waals surface area contributed by atoms with E-state index in [1.807, 2.05) is 30.3 Å². The van der Waals surface area contributed by atoms with E-state index in [0.29, 0.717) is 16.8 Å². The summed E-state index contributed by atoms with van der Waals surface area (Å²) in [5.41, 5.74) is 2.37. The van der Waals surface area contributed by atoms with E-state index in [2.05, 4.69) is 5.32 Å². The number of benzene rings is 3. The number of fused-ring (bicyclic) bond motifs is 1. The van der Waals surface area contributed by atoms with Crippen LogP contribution in [0.5, 0.6) is 5.75 Å². The van der Waals surface area contributed by atoms with Gasteiger partial charge in [-0.3, -0.25) is 9.59 Å². The molecule has 12 heteroatoms. The number of nitrogens with zero attached hydrogens (tertiary/aromatic N) is 5. The summed E-state index contributed by atoms with van der Waals surface area (Å²) in [5.74, 6) is -2.69. The number of amides is 4. The molecule has 0 saturated carbocycles. The molecule has 2 N–H and O–H groups in total. The summed E-state index contributed by atoms with van der Waals surface area (Å²) < 4.78 is 28.5. The standard InChI is InChI=1S/C31H34F2N6O4/c1-35(2)26-15-25(33)24(32)14-22(26)17-37-18-28-38(27(30(37)42)13-20-9-11-23(40)12-10-20)29(41)19-36(3)39(28)31(43)34-16-21-7-5-4-6-8-21/h4-12,14-15,27-28,40H,13,16-19H2,1-3H3,(H,34,43)/t27-,28-/m0/s1. The first-order valence-electron chi connectivity index (χ1n) is 13.9. The number of hydrogen-bond acceptors (Lipinski definition) is 6. The lowest BCUT2D eigenvalue weighted by Gasteiger charge is -2.54. The van der Waals surface area contributed by atoms with Crippen molar-refractivity contribution in [3.63, 3.8) is 0 Å². The molecular formula is C31H34F2N6O4. The fraction of sp³-hybridized carbons (Fsp3) is 0.323. The molecule has 2 aliphatic rings. The van der Waals surface area contributed by atoms with Crippen molar-refractivity contribution >= 4 is 23.5 Å². The lowest BCUT2D eigenvalue weighted by atomic mass is 9.98. The van der Waals surface area contributed by atoms with Crippen molar-refractivity contribution in [2.24, 2.45) is 0 Å². The fourth-order valence-corrected chi connectivity index (χ4v) is 5.68. The Kier molecular flexibility index (Phi) is 8.49. The molecule has 2 atom stereocenters. The van der Waals surface area contributed by atoms with Gasteiger partial charge in [-0.2, -0.15) is 0 Å². The number of carbonyl (C=O) groups is 3. The number of phenolic OH excluding ortho intramolecular Hbond substituents is 1. The molecule has 3 aromatic rings. The minimum atomic E-state index is -1.04. The number of anilines is 1. The largest absolute Gasteiger partial charge is 0.508 e. The Morgan fingerprint density at radius 1 is 1.00 bits per heavy atom. The number of likely N-dealkylation sites (N-methyl/N-ethyl adjacent to an activating group) is 1. The number of rotatable bonds is 7. The number of nitrogens with one attached hydrogen (secondary N) is 1. The van der Waals surface area contributed by atoms with E-state index in [1.165, 1.54) is 32.0 Å². The minimum absolute atomic E-state index is 0.0500. The van der Waals surface area contributed by atoms with Crippen LogP contribution in [-0.2, 0) is 29.1 Å². The highest BCUT2D eigenvalue weighted by Crippen LogP contribution is 2.31. The molecule has 43 heavy (non-hydrogen) atoms. The number of urea groups is 1. The van der Waals surface area contributed by atoms with Crippen LogP contribution in [0.25, 0.3) is 0 Å². The maximum atomic E-state index is 14.4. The van der Waals surface area contributed by atoms with Gasteiger partial charge in [0.15, 0.2) is 11.6 Å². The van der Waals surface area contributed by atoms with Gasteiger partial charge in [-0.05, 0) is 34.9 Å². The van der Waals surface area contributed by atoms with Gasteiger partial charge >= 0.3 is 6.03 Å². The van der Waals surface area contributed by atoms with Gasteiger partial charge in [-0.15, -0.1) is 0 Å². The molecule has 2 saturated heterocycles. The van der Waals surface area contributed by atoms with Crippen LogP contribution in [-0.4, -0.2) is 89.2 Å². The summed E-state index contributed by atoms with van der Waals surface area (Å²) in [6.07, 6.45) is -0.741. The topological polar surface area (TPSA) is 99.7 Å². The first kappa shape index (κ1) is 29.8. The maximum absolute atomic E-state index is 14.4. The third kappa shape index (κ3) is 6.24. The van der Waals surface area contributed by atoms with E-state index in [-0.39, 0.29) is 50.2 Å². The average Bonchev–Trinajstić information content (AvgIpc) is 2.97. The second-order valence-electron chi connectivity index (χ2n) is 11.0. The van der Waals surface area contributed by atoms with Crippen LogP contribution in [0.4, 0.5) is 19.3 Å². The van der Waals surface area contributed by atoms with Gasteiger partial charge in [0, 0.05) is 52.4 Å². The summed E-state index contributed by atoms with van der Waals surface area (Å²) >= 11 is 0. The normalized spacial score (nSPS) is 19.0. The summed E-state index contributed by atoms with van der Waals surface area (Å²) in [6, 6.07) is 16.4. The average molecular weight is 593 g/mol. The van der Waals surface area contributed by atoms with Crippen molar-refractivity contribution in [2.45, 2.75) is 31.7 Å². The van der Waals surface area contributed by atoms with Crippen LogP contribution < -0.4 is 10.2 Å². The van der Waals surface area contributed by atoms with E-state index in [9.17, 15) is 28.3 Å². The Morgan fingerprint density at radius 2 is 1.67 bits per heavy atom. The predicted molar refractivity (Wildman–Crippen MR) is 155 cm³/mol. The van der Waals surface area contributed by atoms with E-state index >= 15 is 0 Å². The molecule has 0 bridgehead atoms. The zero-order valence-electron chi connectivity index (χ0n) is 24.2. The van der Waals surface area contributed by atoms with Gasteiger partial charge in [-0.25, -0.2) is 23.6 Å². The van der Waals surface area contributed by atoms with Crippen molar-refractivity contribution < 1.29 is 28.3 Å². The Bertz CT molecular complexity index is 1500. The quantitative estimate of drug-likeness (QED) is 0.438. The van der Waals surface area contributed by atoms with Gasteiger partial charge in [-0.1, -0.05) is 42.5 Å². The molecule has 2 aliphatic heterocycles. The number of hydrazine groups is 1. The predicted octanol–water partition coefficient (Wildman–Crippen LogP) is 2.92. The van der Waals surface area contributed by atoms with Gasteiger partial charge in [0.2, 0.25) is 11.8 Å². The van der Waals surface area contributed by atoms with Crippen LogP contribution >= 0.6 is 0 Å². The van der Waals surface area contributed by atoms with Crippen molar-refractivity contribution in [3.05, 3.63) is 95.1 Å². The van der Waals surface area contributed by atoms with Gasteiger partial charge in [0.1, 0.15) is 18.0 Å². The number of halogens is 2. The molecule has 4 amide bonds. The highest BCUT2D eigenvalue weighted by Gasteiger charge is 2.50. The number of hydrogen-bond donors (Lipinski definition) is 2. The smallest absolute Gasteiger partial charge is 0.334 e. The second kappa shape index (κ2) is 12.3. The molecule has 0 unspecified atom stereocenters. The summed E-state index contributed by atoms with van der Waals surface area (Å²) in [4.78, 5) is 45.8. The molecule has 0 aromatic heterocycles. The van der Waals surface area contributed by atoms with Gasteiger partial charge < -0.3 is 25.1 Å². The van der Waals surface area contributed by atoms with Crippen LogP contribution in [0.15, 0.2) is 66.7 Å². The second-order valence-corrected chi connectivity index (χ2v) is 11.0. The zero-order valence-corrected chi connectivity index (χ0v) is 24.2. The lowest BCUT2D eigenvalue weighted by Crippen LogP contribution is -2.76. The monoisotopic (exact) mass is 592 g/mol. The Morgan fingerprint density at radius 3 is 2.35 bits per heavy atom. The maximum Gasteiger partial charge on any atom is 0.334 e. The summed E-state index contributed by atoms with van der Waals surface area (Å²) in [6.45, 7) is 0.0107. The Hall–Kier alpha value is -4.71. The summed E-state index contributed by atoms with van der Waals surface area (Å²) in [5, 5.41) is 15.6. The molecule has 226 valence electrons. The van der Waals surface area contributed by atoms with Crippen molar-refractivity contribution in [2.75, 3.05) is 39.1 Å². The highest BCUT2D eigenvalue weighted by molar-refractivity contribution is 5.91. The van der Waals surface area contributed by atoms with Crippen LogP contribution in [0, 0.1) is 11.6 Å². The van der Waals surface area contributed by atoms with E-state index in [0.717, 1.165) is 17.7 Å². The van der Waals surface area contributed by atoms with E-state index in [1.54, 1.807) is 38.2 Å². The third-order valence-corrected chi connectivity index (χ3v) is 7.76. The molecule has 10 nitrogen and oxygen atoms in total. The molecule has 3 aromatic carbocycles. The fourth-order valence-electron chi connectivity index (χ4n) is 5.68. The summed E-state index contributed by atoms with van der Waals surface area (Å²) in [7, 11) is 5.01. The Balaban J connectivity index is 1.50. The molecule has 0 spiro atoms. The van der Waals surface area contributed by atoms with Gasteiger partial charge in [0.25, 0.3) is 0 Å². The molecule has 5 rings (SSSR count). The SMILES string of the molecule is CN(C)c1cc(F)c(F)cc1CN1C[C@H]2N(C(=O)CN(C)N2C(=O)NCc2ccccc2)[C@@H](Cc2ccc(O)cc2)C1=O. The molecule has 0 aliphatic carbocycles. The van der Waals surface area contributed by atoms with Gasteiger partial charge in [0.05, 0.1) is 13.1 Å². The van der Waals surface area contributed by atoms with Crippen molar-refractivity contribution in [1.29, 1.82) is 0 Å². The third-order valence-electron chi connectivity index (χ3n) is 7.76. The lowest BCUT2D eigenvalue weighted by molar-refractivity contribution is -0.187. The molecular weight excluding hydrogens is 558 g/mol. The van der Waals surface area contributed by atoms with Crippen LogP contribution in [0.1, 0.15) is 16.7 Å². The number of aromatic hydroxyl groups is 1. The zero-order chi connectivity index (χ0) is 30.8. The number of piperazine rings is 1. The van der Waals surface area contributed by atoms with Crippen LogP contribution in [0.3, 0.4) is 0 Å². The first-order chi connectivity index (χ1) is 20.5. The van der Waals surface area contributed by atoms with Crippen molar-refractivity contribution in [1.82, 2.24) is 25.1 Å². The van der Waals surface area contributed by atoms with E-state index < -0.39 is 29.9 Å². The first-order valence-corrected chi connectivity index (χ1v) is 13.9.